The van der Waals surface area contributed by atoms with Crippen molar-refractivity contribution in [3.8, 4) is 5.75 Å². The van der Waals surface area contributed by atoms with Gasteiger partial charge in [0.1, 0.15) is 5.75 Å². The molecule has 0 atom stereocenters. The zero-order chi connectivity index (χ0) is 16.0. The van der Waals surface area contributed by atoms with Crippen molar-refractivity contribution in [2.45, 2.75) is 25.6 Å². The molecule has 0 amide bonds. The molecule has 8 heteroatoms. The first-order valence-corrected chi connectivity index (χ1v) is 7.19. The number of ether oxygens (including phenoxy) is 1. The summed E-state index contributed by atoms with van der Waals surface area (Å²) in [5.41, 5.74) is 0.939. The van der Waals surface area contributed by atoms with Gasteiger partial charge in [-0.1, -0.05) is 12.1 Å². The zero-order valence-corrected chi connectivity index (χ0v) is 15.2. The molecule has 0 spiro atoms. The van der Waals surface area contributed by atoms with Crippen molar-refractivity contribution in [3.63, 3.8) is 0 Å². The molecule has 1 aromatic rings. The second-order valence-corrected chi connectivity index (χ2v) is 5.30. The monoisotopic (exact) mass is 443 g/mol. The summed E-state index contributed by atoms with van der Waals surface area (Å²) >= 11 is 0. The molecule has 0 aliphatic heterocycles. The van der Waals surface area contributed by atoms with Crippen LogP contribution in [0.2, 0.25) is 0 Å². The maximum absolute atomic E-state index is 12.0. The van der Waals surface area contributed by atoms with E-state index in [1.165, 1.54) is 25.0 Å². The van der Waals surface area contributed by atoms with Crippen molar-refractivity contribution >= 4 is 29.9 Å². The molecule has 0 bridgehead atoms. The lowest BCUT2D eigenvalue weighted by atomic mass is 10.2. The fraction of sp³-hybridized carbons (Fsp3) is 0.533. The number of rotatable bonds is 6. The Morgan fingerprint density at radius 3 is 2.39 bits per heavy atom. The molecule has 4 nitrogen and oxygen atoms in total. The molecule has 1 aliphatic carbocycles. The first kappa shape index (κ1) is 19.9. The van der Waals surface area contributed by atoms with E-state index in [0.717, 1.165) is 24.0 Å². The van der Waals surface area contributed by atoms with Gasteiger partial charge in [0.2, 0.25) is 0 Å². The largest absolute Gasteiger partial charge is 0.484 e. The molecular weight excluding hydrogens is 422 g/mol. The number of alkyl halides is 3. The van der Waals surface area contributed by atoms with Crippen LogP contribution in [0.5, 0.6) is 5.75 Å². The van der Waals surface area contributed by atoms with E-state index in [0.29, 0.717) is 6.54 Å². The van der Waals surface area contributed by atoms with Crippen LogP contribution < -0.4 is 15.4 Å². The Hall–Kier alpha value is -1.19. The van der Waals surface area contributed by atoms with Crippen LogP contribution in [0.3, 0.4) is 0 Å². The van der Waals surface area contributed by atoms with E-state index in [2.05, 4.69) is 20.4 Å². The molecule has 2 rings (SSSR count). The Kier molecular flexibility index (Phi) is 7.93. The van der Waals surface area contributed by atoms with Crippen molar-refractivity contribution in [1.82, 2.24) is 10.6 Å². The summed E-state index contributed by atoms with van der Waals surface area (Å²) in [5.74, 6) is 1.69. The molecular formula is C15H21F3IN3O. The molecule has 0 saturated heterocycles. The number of guanidine groups is 1. The van der Waals surface area contributed by atoms with Crippen molar-refractivity contribution in [1.29, 1.82) is 0 Å². The molecule has 130 valence electrons. The summed E-state index contributed by atoms with van der Waals surface area (Å²) in [4.78, 5) is 4.12. The molecule has 0 radical (unpaired) electrons. The topological polar surface area (TPSA) is 45.7 Å². The lowest BCUT2D eigenvalue weighted by Gasteiger charge is -2.12. The Bertz CT molecular complexity index is 502. The minimum atomic E-state index is -4.32. The number of aliphatic imine (C=N–C) groups is 1. The second kappa shape index (κ2) is 9.19. The highest BCUT2D eigenvalue weighted by Crippen LogP contribution is 2.27. The van der Waals surface area contributed by atoms with E-state index in [-0.39, 0.29) is 29.7 Å². The van der Waals surface area contributed by atoms with Crippen LogP contribution in [0.1, 0.15) is 18.4 Å². The van der Waals surface area contributed by atoms with E-state index in [4.69, 9.17) is 0 Å². The number of halogens is 4. The van der Waals surface area contributed by atoms with Gasteiger partial charge in [-0.3, -0.25) is 4.99 Å². The van der Waals surface area contributed by atoms with E-state index in [1.54, 1.807) is 19.2 Å². The fourth-order valence-corrected chi connectivity index (χ4v) is 1.84. The van der Waals surface area contributed by atoms with E-state index < -0.39 is 12.8 Å². The molecule has 1 aliphatic rings. The number of benzene rings is 1. The van der Waals surface area contributed by atoms with Gasteiger partial charge in [-0.2, -0.15) is 13.2 Å². The lowest BCUT2D eigenvalue weighted by molar-refractivity contribution is -0.153. The summed E-state index contributed by atoms with van der Waals surface area (Å²) in [6.07, 6.45) is -1.79. The SMILES string of the molecule is CN=C(NCc1ccc(OCC(F)(F)F)cc1)NCC1CC1.I. The van der Waals surface area contributed by atoms with Crippen molar-refractivity contribution in [2.24, 2.45) is 10.9 Å². The van der Waals surface area contributed by atoms with Gasteiger partial charge in [0.05, 0.1) is 0 Å². The van der Waals surface area contributed by atoms with Crippen LogP contribution in [0.4, 0.5) is 13.2 Å². The Labute approximate surface area is 150 Å². The van der Waals surface area contributed by atoms with Gasteiger partial charge in [0, 0.05) is 20.1 Å². The van der Waals surface area contributed by atoms with Gasteiger partial charge in [-0.25, -0.2) is 0 Å². The first-order chi connectivity index (χ1) is 10.5. The fourth-order valence-electron chi connectivity index (χ4n) is 1.84. The third-order valence-electron chi connectivity index (χ3n) is 3.26. The van der Waals surface area contributed by atoms with E-state index in [9.17, 15) is 13.2 Å². The second-order valence-electron chi connectivity index (χ2n) is 5.30. The van der Waals surface area contributed by atoms with Crippen LogP contribution in [0.15, 0.2) is 29.3 Å². The number of hydrogen-bond donors (Lipinski definition) is 2. The Morgan fingerprint density at radius 2 is 1.87 bits per heavy atom. The van der Waals surface area contributed by atoms with Crippen LogP contribution in [0.25, 0.3) is 0 Å². The van der Waals surface area contributed by atoms with Crippen LogP contribution in [-0.2, 0) is 6.54 Å². The highest BCUT2D eigenvalue weighted by molar-refractivity contribution is 14.0. The van der Waals surface area contributed by atoms with Crippen LogP contribution in [-0.4, -0.2) is 32.3 Å². The van der Waals surface area contributed by atoms with Crippen LogP contribution >= 0.6 is 24.0 Å². The standard InChI is InChI=1S/C15H20F3N3O.HI/c1-19-14(20-8-11-2-3-11)21-9-12-4-6-13(7-5-12)22-10-15(16,17)18;/h4-7,11H,2-3,8-10H2,1H3,(H2,19,20,21);1H. The van der Waals surface area contributed by atoms with E-state index >= 15 is 0 Å². The minimum absolute atomic E-state index is 0. The van der Waals surface area contributed by atoms with Gasteiger partial charge in [-0.05, 0) is 36.5 Å². The normalized spacial score (nSPS) is 14.9. The quantitative estimate of drug-likeness (QED) is 0.403. The average molecular weight is 443 g/mol. The van der Waals surface area contributed by atoms with Crippen molar-refractivity contribution in [2.75, 3.05) is 20.2 Å². The number of nitrogens with zero attached hydrogens (tertiary/aromatic N) is 1. The van der Waals surface area contributed by atoms with Crippen molar-refractivity contribution < 1.29 is 17.9 Å². The number of hydrogen-bond acceptors (Lipinski definition) is 2. The number of nitrogens with one attached hydrogen (secondary N) is 2. The zero-order valence-electron chi connectivity index (χ0n) is 12.8. The van der Waals surface area contributed by atoms with Gasteiger partial charge in [-0.15, -0.1) is 24.0 Å². The highest BCUT2D eigenvalue weighted by atomic mass is 127. The smallest absolute Gasteiger partial charge is 0.422 e. The van der Waals surface area contributed by atoms with Crippen LogP contribution in [0, 0.1) is 5.92 Å². The van der Waals surface area contributed by atoms with Gasteiger partial charge >= 0.3 is 6.18 Å². The van der Waals surface area contributed by atoms with Gasteiger partial charge < -0.3 is 15.4 Å². The summed E-state index contributed by atoms with van der Waals surface area (Å²) < 4.78 is 40.8. The van der Waals surface area contributed by atoms with Crippen molar-refractivity contribution in [3.05, 3.63) is 29.8 Å². The first-order valence-electron chi connectivity index (χ1n) is 7.19. The third-order valence-corrected chi connectivity index (χ3v) is 3.26. The predicted molar refractivity (Wildman–Crippen MR) is 94.3 cm³/mol. The summed E-state index contributed by atoms with van der Waals surface area (Å²) in [7, 11) is 1.70. The minimum Gasteiger partial charge on any atom is -0.484 e. The molecule has 1 fully saturated rings. The molecule has 1 saturated carbocycles. The summed E-state index contributed by atoms with van der Waals surface area (Å²) in [6, 6.07) is 6.52. The average Bonchev–Trinajstić information content (AvgIpc) is 3.30. The molecule has 0 unspecified atom stereocenters. The Morgan fingerprint density at radius 1 is 1.22 bits per heavy atom. The maximum Gasteiger partial charge on any atom is 0.422 e. The Balaban J connectivity index is 0.00000264. The lowest BCUT2D eigenvalue weighted by Crippen LogP contribution is -2.37. The van der Waals surface area contributed by atoms with Gasteiger partial charge in [0.25, 0.3) is 0 Å². The molecule has 0 heterocycles. The molecule has 0 aromatic heterocycles. The molecule has 1 aromatic carbocycles. The van der Waals surface area contributed by atoms with Gasteiger partial charge in [0.15, 0.2) is 12.6 Å². The highest BCUT2D eigenvalue weighted by Gasteiger charge is 2.28. The summed E-state index contributed by atoms with van der Waals surface area (Å²) in [6.45, 7) is 0.191. The molecule has 23 heavy (non-hydrogen) atoms. The predicted octanol–water partition coefficient (Wildman–Crippen LogP) is 3.32. The maximum atomic E-state index is 12.0. The molecule has 2 N–H and O–H groups in total. The summed E-state index contributed by atoms with van der Waals surface area (Å²) in [5, 5.41) is 6.40. The third kappa shape index (κ3) is 8.29. The van der Waals surface area contributed by atoms with E-state index in [1.807, 2.05) is 0 Å².